The van der Waals surface area contributed by atoms with Crippen molar-refractivity contribution in [1.82, 2.24) is 14.5 Å². The smallest absolute Gasteiger partial charge is 0.331 e. The van der Waals surface area contributed by atoms with Crippen LogP contribution in [-0.4, -0.2) is 15.0 Å². The minimum absolute atomic E-state index is 0.158. The molecule has 0 fully saturated rings. The maximum Gasteiger partial charge on any atom is 0.331 e. The highest BCUT2D eigenvalue weighted by molar-refractivity contribution is 6.31. The lowest BCUT2D eigenvalue weighted by Gasteiger charge is -2.16. The molecule has 0 unspecified atom stereocenters. The van der Waals surface area contributed by atoms with Crippen LogP contribution < -0.4 is 16.6 Å². The number of carbonyl (C=O) groups is 1. The number of rotatable bonds is 8. The fourth-order valence-corrected chi connectivity index (χ4v) is 4.39. The van der Waals surface area contributed by atoms with Gasteiger partial charge in [0.15, 0.2) is 0 Å². The number of fused-ring (bicyclic) bond motifs is 1. The molecule has 0 aliphatic rings. The second-order valence-corrected chi connectivity index (χ2v) is 9.15. The van der Waals surface area contributed by atoms with Crippen molar-refractivity contribution in [2.24, 2.45) is 0 Å². The van der Waals surface area contributed by atoms with E-state index in [1.807, 2.05) is 50.2 Å². The summed E-state index contributed by atoms with van der Waals surface area (Å²) in [5.74, 6) is -0.158. The van der Waals surface area contributed by atoms with Crippen LogP contribution in [0.2, 0.25) is 5.02 Å². The van der Waals surface area contributed by atoms with Gasteiger partial charge in [-0.3, -0.25) is 18.7 Å². The molecule has 0 bridgehead atoms. The Balaban J connectivity index is 1.54. The second kappa shape index (κ2) is 10.7. The number of halogens is 1. The quantitative estimate of drug-likeness (QED) is 0.394. The highest BCUT2D eigenvalue weighted by Crippen LogP contribution is 2.16. The van der Waals surface area contributed by atoms with Crippen LogP contribution >= 0.6 is 11.6 Å². The summed E-state index contributed by atoms with van der Waals surface area (Å²) in [6.07, 6.45) is 0.561. The van der Waals surface area contributed by atoms with Crippen LogP contribution in [0.25, 0.3) is 10.9 Å². The summed E-state index contributed by atoms with van der Waals surface area (Å²) in [5.41, 5.74) is 3.96. The van der Waals surface area contributed by atoms with Crippen molar-refractivity contribution in [1.29, 1.82) is 0 Å². The fraction of sp³-hybridized carbons (Fsp3) is 0.250. The van der Waals surface area contributed by atoms with E-state index in [2.05, 4.69) is 11.4 Å². The summed E-state index contributed by atoms with van der Waals surface area (Å²) in [7, 11) is 0. The molecule has 4 rings (SSSR count). The van der Waals surface area contributed by atoms with Crippen molar-refractivity contribution in [2.75, 3.05) is 0 Å². The van der Waals surface area contributed by atoms with Crippen LogP contribution in [0.15, 0.2) is 76.3 Å². The Hall–Kier alpha value is -3.64. The molecule has 7 heteroatoms. The predicted octanol–water partition coefficient (Wildman–Crippen LogP) is 4.58. The normalized spacial score (nSPS) is 11.1. The van der Waals surface area contributed by atoms with Crippen molar-refractivity contribution in [3.05, 3.63) is 115 Å². The number of aryl methyl sites for hydroxylation is 2. The Bertz CT molecular complexity index is 1500. The Kier molecular flexibility index (Phi) is 7.51. The molecule has 0 radical (unpaired) electrons. The molecule has 0 spiro atoms. The van der Waals surface area contributed by atoms with Gasteiger partial charge in [-0.05, 0) is 55.2 Å². The molecular weight excluding hydrogens is 462 g/mol. The molecule has 1 aromatic heterocycles. The summed E-state index contributed by atoms with van der Waals surface area (Å²) >= 11 is 6.14. The molecule has 0 saturated carbocycles. The van der Waals surface area contributed by atoms with E-state index in [1.165, 1.54) is 4.57 Å². The van der Waals surface area contributed by atoms with Crippen LogP contribution in [0.3, 0.4) is 0 Å². The van der Waals surface area contributed by atoms with Gasteiger partial charge in [0, 0.05) is 24.5 Å². The van der Waals surface area contributed by atoms with Crippen molar-refractivity contribution in [3.63, 3.8) is 0 Å². The molecule has 180 valence electrons. The first-order valence-corrected chi connectivity index (χ1v) is 12.0. The summed E-state index contributed by atoms with van der Waals surface area (Å²) in [5, 5.41) is 3.93. The number of nitrogens with one attached hydrogen (secondary N) is 1. The van der Waals surface area contributed by atoms with Crippen molar-refractivity contribution >= 4 is 28.4 Å². The van der Waals surface area contributed by atoms with Gasteiger partial charge in [-0.25, -0.2) is 4.79 Å². The van der Waals surface area contributed by atoms with Gasteiger partial charge in [0.2, 0.25) is 5.91 Å². The molecule has 0 saturated heterocycles. The van der Waals surface area contributed by atoms with Crippen LogP contribution in [0.1, 0.15) is 35.1 Å². The van der Waals surface area contributed by atoms with E-state index in [-0.39, 0.29) is 30.1 Å². The molecule has 35 heavy (non-hydrogen) atoms. The summed E-state index contributed by atoms with van der Waals surface area (Å²) in [6, 6.07) is 20.6. The standard InChI is InChI=1S/C28H28ClN3O3/c1-19-13-14-20(2)22(16-19)18-32-25-11-6-4-9-23(25)27(34)31(28(32)35)15-7-12-26(33)30-17-21-8-3-5-10-24(21)29/h3-6,8-11,13-14,16H,7,12,15,17-18H2,1-2H3,(H,30,33). The maximum absolute atomic E-state index is 13.4. The van der Waals surface area contributed by atoms with Gasteiger partial charge in [0.1, 0.15) is 0 Å². The highest BCUT2D eigenvalue weighted by atomic mass is 35.5. The third-order valence-corrected chi connectivity index (χ3v) is 6.55. The molecule has 0 aliphatic heterocycles. The van der Waals surface area contributed by atoms with E-state index in [0.29, 0.717) is 35.4 Å². The molecule has 0 aliphatic carbocycles. The zero-order valence-electron chi connectivity index (χ0n) is 19.9. The number of para-hydroxylation sites is 1. The number of amides is 1. The zero-order valence-corrected chi connectivity index (χ0v) is 20.6. The van der Waals surface area contributed by atoms with E-state index in [4.69, 9.17) is 11.6 Å². The number of benzene rings is 3. The fourth-order valence-electron chi connectivity index (χ4n) is 4.18. The van der Waals surface area contributed by atoms with Crippen molar-refractivity contribution in [2.45, 2.75) is 46.3 Å². The minimum atomic E-state index is -0.369. The van der Waals surface area contributed by atoms with Crippen LogP contribution in [-0.2, 0) is 24.4 Å². The molecule has 1 N–H and O–H groups in total. The van der Waals surface area contributed by atoms with Crippen LogP contribution in [0.4, 0.5) is 0 Å². The largest absolute Gasteiger partial charge is 0.352 e. The Labute approximate surface area is 208 Å². The number of nitrogens with zero attached hydrogens (tertiary/aromatic N) is 2. The SMILES string of the molecule is Cc1ccc(C)c(Cn2c(=O)n(CCCC(=O)NCc3ccccc3Cl)c(=O)c3ccccc32)c1. The predicted molar refractivity (Wildman–Crippen MR) is 140 cm³/mol. The van der Waals surface area contributed by atoms with Gasteiger partial charge in [-0.2, -0.15) is 0 Å². The zero-order chi connectivity index (χ0) is 24.9. The third kappa shape index (κ3) is 5.54. The molecule has 1 amide bonds. The van der Waals surface area contributed by atoms with Crippen molar-refractivity contribution < 1.29 is 4.79 Å². The average Bonchev–Trinajstić information content (AvgIpc) is 2.85. The van der Waals surface area contributed by atoms with Crippen LogP contribution in [0, 0.1) is 13.8 Å². The van der Waals surface area contributed by atoms with Gasteiger partial charge in [-0.15, -0.1) is 0 Å². The molecule has 6 nitrogen and oxygen atoms in total. The van der Waals surface area contributed by atoms with Gasteiger partial charge in [0.05, 0.1) is 17.4 Å². The van der Waals surface area contributed by atoms with E-state index >= 15 is 0 Å². The Morgan fingerprint density at radius 2 is 1.66 bits per heavy atom. The number of carbonyl (C=O) groups excluding carboxylic acids is 1. The maximum atomic E-state index is 13.4. The first-order valence-electron chi connectivity index (χ1n) is 11.6. The van der Waals surface area contributed by atoms with E-state index < -0.39 is 0 Å². The average molecular weight is 490 g/mol. The highest BCUT2D eigenvalue weighted by Gasteiger charge is 2.14. The van der Waals surface area contributed by atoms with Crippen LogP contribution in [0.5, 0.6) is 0 Å². The second-order valence-electron chi connectivity index (χ2n) is 8.74. The number of hydrogen-bond donors (Lipinski definition) is 1. The van der Waals surface area contributed by atoms with Gasteiger partial charge >= 0.3 is 5.69 Å². The first kappa shape index (κ1) is 24.5. The van der Waals surface area contributed by atoms with Gasteiger partial charge < -0.3 is 5.32 Å². The third-order valence-electron chi connectivity index (χ3n) is 6.18. The Morgan fingerprint density at radius 1 is 0.914 bits per heavy atom. The molecule has 0 atom stereocenters. The summed E-state index contributed by atoms with van der Waals surface area (Å²) in [4.78, 5) is 38.9. The van der Waals surface area contributed by atoms with Gasteiger partial charge in [-0.1, -0.05) is 65.7 Å². The lowest BCUT2D eigenvalue weighted by molar-refractivity contribution is -0.121. The van der Waals surface area contributed by atoms with Gasteiger partial charge in [0.25, 0.3) is 5.56 Å². The van der Waals surface area contributed by atoms with Crippen molar-refractivity contribution in [3.8, 4) is 0 Å². The molecular formula is C28H28ClN3O3. The monoisotopic (exact) mass is 489 g/mol. The molecule has 4 aromatic rings. The number of hydrogen-bond acceptors (Lipinski definition) is 3. The topological polar surface area (TPSA) is 73.1 Å². The van der Waals surface area contributed by atoms with E-state index in [0.717, 1.165) is 22.3 Å². The minimum Gasteiger partial charge on any atom is -0.352 e. The lowest BCUT2D eigenvalue weighted by Crippen LogP contribution is -2.40. The van der Waals surface area contributed by atoms with E-state index in [9.17, 15) is 14.4 Å². The summed E-state index contributed by atoms with van der Waals surface area (Å²) < 4.78 is 2.89. The first-order chi connectivity index (χ1) is 16.8. The number of aromatic nitrogens is 2. The van der Waals surface area contributed by atoms with E-state index in [1.54, 1.807) is 28.8 Å². The molecule has 3 aromatic carbocycles. The summed E-state index contributed by atoms with van der Waals surface area (Å²) in [6.45, 7) is 4.89. The lowest BCUT2D eigenvalue weighted by atomic mass is 10.1. The Morgan fingerprint density at radius 3 is 2.46 bits per heavy atom. The molecule has 1 heterocycles.